The highest BCUT2D eigenvalue weighted by molar-refractivity contribution is 7.13. The molecule has 5 nitrogen and oxygen atoms in total. The summed E-state index contributed by atoms with van der Waals surface area (Å²) in [6.07, 6.45) is 5.54. The van der Waals surface area contributed by atoms with Gasteiger partial charge in [0.25, 0.3) is 0 Å². The van der Waals surface area contributed by atoms with E-state index in [4.69, 9.17) is 9.72 Å². The average Bonchev–Trinajstić information content (AvgIpc) is 3.40. The van der Waals surface area contributed by atoms with Crippen molar-refractivity contribution in [3.05, 3.63) is 89.5 Å². The van der Waals surface area contributed by atoms with Crippen molar-refractivity contribution in [3.8, 4) is 11.4 Å². The van der Waals surface area contributed by atoms with Crippen LogP contribution >= 0.6 is 11.3 Å². The minimum Gasteiger partial charge on any atom is -0.497 e. The lowest BCUT2D eigenvalue weighted by Gasteiger charge is -2.22. The summed E-state index contributed by atoms with van der Waals surface area (Å²) in [7, 11) is 1.70. The average molecular weight is 391 g/mol. The lowest BCUT2D eigenvalue weighted by Crippen LogP contribution is -2.22. The molecule has 0 bridgehead atoms. The maximum atomic E-state index is 5.37. The molecule has 6 heteroatoms. The standard InChI is InChI=1S/C22H22N4OS/c1-17-15-28-22(24-17)26(14-19-4-3-5-21(12-19)27-2)13-18-6-8-20(9-7-18)25-11-10-23-16-25/h3-12,15-16H,13-14H2,1-2H3. The second-order valence-corrected chi connectivity index (χ2v) is 7.45. The smallest absolute Gasteiger partial charge is 0.186 e. The van der Waals surface area contributed by atoms with Gasteiger partial charge in [0.1, 0.15) is 5.75 Å². The van der Waals surface area contributed by atoms with Crippen LogP contribution in [0.15, 0.2) is 72.6 Å². The summed E-state index contributed by atoms with van der Waals surface area (Å²) in [6.45, 7) is 3.59. The Labute approximate surface area is 168 Å². The van der Waals surface area contributed by atoms with E-state index >= 15 is 0 Å². The Morgan fingerprint density at radius 2 is 1.89 bits per heavy atom. The van der Waals surface area contributed by atoms with Gasteiger partial charge < -0.3 is 14.2 Å². The Morgan fingerprint density at radius 1 is 1.07 bits per heavy atom. The van der Waals surface area contributed by atoms with Crippen molar-refractivity contribution in [2.75, 3.05) is 12.0 Å². The molecule has 4 rings (SSSR count). The third kappa shape index (κ3) is 4.23. The van der Waals surface area contributed by atoms with E-state index in [1.54, 1.807) is 24.6 Å². The van der Waals surface area contributed by atoms with Gasteiger partial charge in [-0.2, -0.15) is 0 Å². The molecule has 0 fully saturated rings. The molecule has 0 radical (unpaired) electrons. The minimum absolute atomic E-state index is 0.771. The maximum Gasteiger partial charge on any atom is 0.186 e. The number of hydrogen-bond donors (Lipinski definition) is 0. The van der Waals surface area contributed by atoms with Crippen LogP contribution in [0.1, 0.15) is 16.8 Å². The molecule has 0 saturated carbocycles. The number of ether oxygens (including phenoxy) is 1. The van der Waals surface area contributed by atoms with Gasteiger partial charge in [-0.05, 0) is 42.3 Å². The second-order valence-electron chi connectivity index (χ2n) is 6.62. The molecule has 2 aromatic heterocycles. The van der Waals surface area contributed by atoms with Crippen LogP contribution < -0.4 is 9.64 Å². The van der Waals surface area contributed by atoms with E-state index in [-0.39, 0.29) is 0 Å². The van der Waals surface area contributed by atoms with Gasteiger partial charge in [0, 0.05) is 36.6 Å². The number of thiazole rings is 1. The van der Waals surface area contributed by atoms with Crippen molar-refractivity contribution in [1.29, 1.82) is 0 Å². The van der Waals surface area contributed by atoms with E-state index < -0.39 is 0 Å². The molecular weight excluding hydrogens is 368 g/mol. The summed E-state index contributed by atoms with van der Waals surface area (Å²) in [5.41, 5.74) is 4.58. The highest BCUT2D eigenvalue weighted by Gasteiger charge is 2.13. The highest BCUT2D eigenvalue weighted by atomic mass is 32.1. The molecule has 0 spiro atoms. The van der Waals surface area contributed by atoms with Crippen molar-refractivity contribution < 1.29 is 4.74 Å². The third-order valence-electron chi connectivity index (χ3n) is 4.50. The fraction of sp³-hybridized carbons (Fsp3) is 0.182. The summed E-state index contributed by atoms with van der Waals surface area (Å²) in [5.74, 6) is 0.873. The van der Waals surface area contributed by atoms with Gasteiger partial charge in [-0.3, -0.25) is 0 Å². The molecule has 0 aliphatic rings. The molecule has 0 saturated heterocycles. The largest absolute Gasteiger partial charge is 0.497 e. The number of aromatic nitrogens is 3. The summed E-state index contributed by atoms with van der Waals surface area (Å²) in [6, 6.07) is 16.8. The zero-order chi connectivity index (χ0) is 19.3. The first kappa shape index (κ1) is 18.3. The van der Waals surface area contributed by atoms with Crippen molar-refractivity contribution in [2.24, 2.45) is 0 Å². The number of aryl methyl sites for hydroxylation is 1. The van der Waals surface area contributed by atoms with Crippen LogP contribution in [0.25, 0.3) is 5.69 Å². The van der Waals surface area contributed by atoms with Crippen LogP contribution in [0.3, 0.4) is 0 Å². The lowest BCUT2D eigenvalue weighted by molar-refractivity contribution is 0.414. The van der Waals surface area contributed by atoms with Crippen LogP contribution in [0, 0.1) is 6.92 Å². The summed E-state index contributed by atoms with van der Waals surface area (Å²) >= 11 is 1.68. The quantitative estimate of drug-likeness (QED) is 0.452. The van der Waals surface area contributed by atoms with E-state index in [0.717, 1.165) is 35.4 Å². The number of imidazole rings is 1. The molecule has 4 aromatic rings. The highest BCUT2D eigenvalue weighted by Crippen LogP contribution is 2.25. The normalized spacial score (nSPS) is 10.8. The van der Waals surface area contributed by atoms with E-state index in [2.05, 4.69) is 51.7 Å². The van der Waals surface area contributed by atoms with Crippen LogP contribution in [0.2, 0.25) is 0 Å². The topological polar surface area (TPSA) is 43.2 Å². The van der Waals surface area contributed by atoms with Crippen molar-refractivity contribution in [3.63, 3.8) is 0 Å². The van der Waals surface area contributed by atoms with Gasteiger partial charge in [0.05, 0.1) is 19.1 Å². The number of hydrogen-bond acceptors (Lipinski definition) is 5. The molecule has 0 amide bonds. The summed E-state index contributed by atoms with van der Waals surface area (Å²) < 4.78 is 7.38. The summed E-state index contributed by atoms with van der Waals surface area (Å²) in [5, 5.41) is 3.12. The molecule has 0 aliphatic carbocycles. The monoisotopic (exact) mass is 390 g/mol. The number of benzene rings is 2. The van der Waals surface area contributed by atoms with Gasteiger partial charge in [-0.25, -0.2) is 9.97 Å². The number of rotatable bonds is 7. The minimum atomic E-state index is 0.771. The number of nitrogens with zero attached hydrogens (tertiary/aromatic N) is 4. The molecule has 142 valence electrons. The Bertz CT molecular complexity index is 1020. The van der Waals surface area contributed by atoms with Gasteiger partial charge in [0.15, 0.2) is 5.13 Å². The third-order valence-corrected chi connectivity index (χ3v) is 5.52. The molecule has 0 unspecified atom stereocenters. The van der Waals surface area contributed by atoms with Crippen LogP contribution in [0.5, 0.6) is 5.75 Å². The Morgan fingerprint density at radius 3 is 2.57 bits per heavy atom. The molecule has 0 N–H and O–H groups in total. The lowest BCUT2D eigenvalue weighted by atomic mass is 10.1. The van der Waals surface area contributed by atoms with E-state index in [1.165, 1.54) is 11.1 Å². The predicted octanol–water partition coefficient (Wildman–Crippen LogP) is 4.85. The summed E-state index contributed by atoms with van der Waals surface area (Å²) in [4.78, 5) is 11.1. The SMILES string of the molecule is COc1cccc(CN(Cc2ccc(-n3ccnc3)cc2)c2nc(C)cs2)c1. The zero-order valence-corrected chi connectivity index (χ0v) is 16.8. The van der Waals surface area contributed by atoms with E-state index in [9.17, 15) is 0 Å². The second kappa shape index (κ2) is 8.27. The molecule has 2 aromatic carbocycles. The van der Waals surface area contributed by atoms with Gasteiger partial charge >= 0.3 is 0 Å². The predicted molar refractivity (Wildman–Crippen MR) is 113 cm³/mol. The molecule has 2 heterocycles. The molecule has 28 heavy (non-hydrogen) atoms. The fourth-order valence-electron chi connectivity index (χ4n) is 3.07. The maximum absolute atomic E-state index is 5.37. The van der Waals surface area contributed by atoms with Crippen LogP contribution in [0.4, 0.5) is 5.13 Å². The van der Waals surface area contributed by atoms with Gasteiger partial charge in [-0.15, -0.1) is 11.3 Å². The molecular formula is C22H22N4OS. The number of anilines is 1. The Kier molecular flexibility index (Phi) is 5.39. The Hall–Kier alpha value is -3.12. The first-order chi connectivity index (χ1) is 13.7. The fourth-order valence-corrected chi connectivity index (χ4v) is 3.88. The number of methoxy groups -OCH3 is 1. The zero-order valence-electron chi connectivity index (χ0n) is 15.9. The molecule has 0 aliphatic heterocycles. The van der Waals surface area contributed by atoms with Crippen molar-refractivity contribution in [2.45, 2.75) is 20.0 Å². The van der Waals surface area contributed by atoms with E-state index in [1.807, 2.05) is 36.1 Å². The van der Waals surface area contributed by atoms with Gasteiger partial charge in [-0.1, -0.05) is 24.3 Å². The first-order valence-corrected chi connectivity index (χ1v) is 9.96. The Balaban J connectivity index is 1.57. The van der Waals surface area contributed by atoms with Gasteiger partial charge in [0.2, 0.25) is 0 Å². The molecule has 0 atom stereocenters. The van der Waals surface area contributed by atoms with Crippen LogP contribution in [-0.2, 0) is 13.1 Å². The van der Waals surface area contributed by atoms with Crippen molar-refractivity contribution >= 4 is 16.5 Å². The first-order valence-electron chi connectivity index (χ1n) is 9.08. The van der Waals surface area contributed by atoms with Crippen molar-refractivity contribution in [1.82, 2.24) is 14.5 Å². The van der Waals surface area contributed by atoms with E-state index in [0.29, 0.717) is 0 Å². The van der Waals surface area contributed by atoms with Crippen LogP contribution in [-0.4, -0.2) is 21.6 Å².